The number of halogens is 2. The van der Waals surface area contributed by atoms with Crippen LogP contribution in [0.25, 0.3) is 11.0 Å². The summed E-state index contributed by atoms with van der Waals surface area (Å²) >= 11 is 6.24. The Balaban J connectivity index is 1.23. The van der Waals surface area contributed by atoms with Gasteiger partial charge < -0.3 is 24.6 Å². The first-order valence-corrected chi connectivity index (χ1v) is 12.8. The highest BCUT2D eigenvalue weighted by atomic mass is 35.5. The van der Waals surface area contributed by atoms with Crippen LogP contribution in [0.15, 0.2) is 30.6 Å². The molecule has 1 aromatic carbocycles. The number of hydrogen-bond donors (Lipinski definition) is 1. The maximum absolute atomic E-state index is 15.1. The second-order valence-corrected chi connectivity index (χ2v) is 11.1. The molecule has 194 valence electrons. The molecular formula is C26H28ClFN6O3. The van der Waals surface area contributed by atoms with Gasteiger partial charge in [0, 0.05) is 13.1 Å². The highest BCUT2D eigenvalue weighted by molar-refractivity contribution is 6.32. The van der Waals surface area contributed by atoms with Crippen LogP contribution < -0.4 is 15.0 Å². The molecule has 2 aliphatic heterocycles. The lowest BCUT2D eigenvalue weighted by Gasteiger charge is -2.35. The Bertz CT molecular complexity index is 1380. The summed E-state index contributed by atoms with van der Waals surface area (Å²) in [5.74, 6) is 0.859. The van der Waals surface area contributed by atoms with E-state index in [-0.39, 0.29) is 35.0 Å². The van der Waals surface area contributed by atoms with Gasteiger partial charge in [0.25, 0.3) is 0 Å². The van der Waals surface area contributed by atoms with Crippen LogP contribution in [0.4, 0.5) is 26.5 Å². The van der Waals surface area contributed by atoms with E-state index in [1.165, 1.54) is 6.33 Å². The van der Waals surface area contributed by atoms with Crippen molar-refractivity contribution in [3.8, 4) is 5.75 Å². The Hall–Kier alpha value is -3.40. The van der Waals surface area contributed by atoms with E-state index < -0.39 is 11.4 Å². The second kappa shape index (κ2) is 8.86. The van der Waals surface area contributed by atoms with Gasteiger partial charge in [-0.1, -0.05) is 11.6 Å². The number of rotatable bonds is 5. The fourth-order valence-corrected chi connectivity index (χ4v) is 5.09. The summed E-state index contributed by atoms with van der Waals surface area (Å²) in [4.78, 5) is 30.1. The maximum Gasteiger partial charge on any atom is 0.410 e. The summed E-state index contributed by atoms with van der Waals surface area (Å²) in [7, 11) is 0. The smallest absolute Gasteiger partial charge is 0.410 e. The Morgan fingerprint density at radius 1 is 1.14 bits per heavy atom. The number of pyridine rings is 1. The molecule has 1 amide bonds. The normalized spacial score (nSPS) is 21.0. The number of carbonyl (C=O) groups excluding carboxylic acids is 1. The highest BCUT2D eigenvalue weighted by Gasteiger charge is 2.47. The van der Waals surface area contributed by atoms with Crippen LogP contribution in [0.1, 0.15) is 40.0 Å². The molecule has 6 rings (SSSR count). The van der Waals surface area contributed by atoms with Gasteiger partial charge in [-0.25, -0.2) is 24.1 Å². The van der Waals surface area contributed by atoms with Gasteiger partial charge in [0.05, 0.1) is 29.4 Å². The van der Waals surface area contributed by atoms with Gasteiger partial charge in [-0.05, 0) is 64.3 Å². The van der Waals surface area contributed by atoms with Crippen LogP contribution in [-0.4, -0.2) is 62.8 Å². The molecule has 1 N–H and O–H groups in total. The number of nitrogens with one attached hydrogen (secondary N) is 1. The van der Waals surface area contributed by atoms with Crippen molar-refractivity contribution in [2.24, 2.45) is 0 Å². The Kier molecular flexibility index (Phi) is 5.74. The van der Waals surface area contributed by atoms with E-state index in [9.17, 15) is 4.79 Å². The molecule has 2 atom stereocenters. The van der Waals surface area contributed by atoms with Crippen molar-refractivity contribution in [2.45, 2.75) is 63.8 Å². The zero-order chi connectivity index (χ0) is 25.9. The van der Waals surface area contributed by atoms with Crippen molar-refractivity contribution in [1.82, 2.24) is 19.9 Å². The quantitative estimate of drug-likeness (QED) is 0.479. The Morgan fingerprint density at radius 3 is 2.65 bits per heavy atom. The van der Waals surface area contributed by atoms with Gasteiger partial charge in [0.15, 0.2) is 11.6 Å². The Morgan fingerprint density at radius 2 is 1.95 bits per heavy atom. The second-order valence-electron chi connectivity index (χ2n) is 10.8. The molecule has 0 unspecified atom stereocenters. The first-order valence-electron chi connectivity index (χ1n) is 12.5. The third-order valence-corrected chi connectivity index (χ3v) is 7.10. The van der Waals surface area contributed by atoms with E-state index in [0.29, 0.717) is 35.7 Å². The Labute approximate surface area is 218 Å². The van der Waals surface area contributed by atoms with Crippen LogP contribution in [0, 0.1) is 5.82 Å². The molecule has 1 aliphatic carbocycles. The molecule has 0 radical (unpaired) electrons. The average Bonchev–Trinajstić information content (AvgIpc) is 3.44. The zero-order valence-electron chi connectivity index (χ0n) is 20.9. The largest absolute Gasteiger partial charge is 0.489 e. The van der Waals surface area contributed by atoms with Gasteiger partial charge in [-0.2, -0.15) is 0 Å². The van der Waals surface area contributed by atoms with E-state index in [1.807, 2.05) is 37.8 Å². The number of likely N-dealkylation sites (tertiary alicyclic amines) is 1. The summed E-state index contributed by atoms with van der Waals surface area (Å²) in [5, 5.41) is 2.97. The number of aromatic nitrogens is 3. The molecule has 11 heteroatoms. The predicted molar refractivity (Wildman–Crippen MR) is 138 cm³/mol. The molecule has 0 spiro atoms. The summed E-state index contributed by atoms with van der Waals surface area (Å²) in [6.07, 6.45) is 4.01. The van der Waals surface area contributed by atoms with Crippen molar-refractivity contribution in [1.29, 1.82) is 0 Å². The lowest BCUT2D eigenvalue weighted by Crippen LogP contribution is -2.50. The van der Waals surface area contributed by atoms with Gasteiger partial charge in [-0.15, -0.1) is 0 Å². The number of benzene rings is 1. The number of fused-ring (bicyclic) bond motifs is 3. The first kappa shape index (κ1) is 24.0. The topological polar surface area (TPSA) is 92.7 Å². The van der Waals surface area contributed by atoms with Crippen LogP contribution in [0.5, 0.6) is 5.75 Å². The van der Waals surface area contributed by atoms with E-state index in [0.717, 1.165) is 25.1 Å². The van der Waals surface area contributed by atoms with Gasteiger partial charge in [0.2, 0.25) is 0 Å². The minimum Gasteiger partial charge on any atom is -0.489 e. The van der Waals surface area contributed by atoms with Crippen molar-refractivity contribution in [2.75, 3.05) is 23.3 Å². The summed E-state index contributed by atoms with van der Waals surface area (Å²) in [6, 6.07) is 7.23. The van der Waals surface area contributed by atoms with Crippen LogP contribution in [0.3, 0.4) is 0 Å². The molecule has 4 heterocycles. The fraction of sp³-hybridized carbons (Fsp3) is 0.462. The maximum atomic E-state index is 15.1. The highest BCUT2D eigenvalue weighted by Crippen LogP contribution is 2.38. The summed E-state index contributed by atoms with van der Waals surface area (Å²) < 4.78 is 26.3. The number of nitrogens with zero attached hydrogens (tertiary/aromatic N) is 5. The average molecular weight is 527 g/mol. The zero-order valence-corrected chi connectivity index (χ0v) is 21.6. The summed E-state index contributed by atoms with van der Waals surface area (Å²) in [6.45, 7) is 6.84. The lowest BCUT2D eigenvalue weighted by molar-refractivity contribution is 0.0214. The third kappa shape index (κ3) is 4.70. The number of piperazine rings is 1. The predicted octanol–water partition coefficient (Wildman–Crippen LogP) is 5.30. The lowest BCUT2D eigenvalue weighted by atomic mass is 10.2. The number of amides is 1. The van der Waals surface area contributed by atoms with Crippen molar-refractivity contribution in [3.63, 3.8) is 0 Å². The molecular weight excluding hydrogens is 499 g/mol. The minimum atomic E-state index is -0.609. The number of anilines is 3. The molecule has 2 saturated heterocycles. The monoisotopic (exact) mass is 526 g/mol. The first-order chi connectivity index (χ1) is 17.7. The van der Waals surface area contributed by atoms with Gasteiger partial charge >= 0.3 is 6.09 Å². The SMILES string of the molecule is CC(C)(C)OC(=O)N1C[C@@H]2C[C@H]1CN2c1ccc2ncnc(Nc3ccc(OC4CC4)c(Cl)c3F)c2n1. The molecule has 2 bridgehead atoms. The van der Waals surface area contributed by atoms with E-state index >= 15 is 4.39 Å². The van der Waals surface area contributed by atoms with Gasteiger partial charge in [-0.3, -0.25) is 0 Å². The molecule has 37 heavy (non-hydrogen) atoms. The third-order valence-electron chi connectivity index (χ3n) is 6.75. The molecule has 2 aromatic heterocycles. The van der Waals surface area contributed by atoms with Crippen LogP contribution in [0.2, 0.25) is 5.02 Å². The number of carbonyl (C=O) groups is 1. The van der Waals surface area contributed by atoms with E-state index in [1.54, 1.807) is 12.1 Å². The van der Waals surface area contributed by atoms with Crippen molar-refractivity contribution in [3.05, 3.63) is 41.4 Å². The van der Waals surface area contributed by atoms with E-state index in [4.69, 9.17) is 26.1 Å². The molecule has 3 aromatic rings. The van der Waals surface area contributed by atoms with Crippen LogP contribution in [-0.2, 0) is 4.74 Å². The van der Waals surface area contributed by atoms with Crippen molar-refractivity contribution >= 4 is 46.1 Å². The number of ether oxygens (including phenoxy) is 2. The van der Waals surface area contributed by atoms with Crippen LogP contribution >= 0.6 is 11.6 Å². The number of hydrogen-bond acceptors (Lipinski definition) is 8. The van der Waals surface area contributed by atoms with E-state index in [2.05, 4.69) is 20.2 Å². The molecule has 1 saturated carbocycles. The fourth-order valence-electron chi connectivity index (χ4n) is 4.89. The molecule has 9 nitrogen and oxygen atoms in total. The molecule has 3 fully saturated rings. The minimum absolute atomic E-state index is 0.0634. The molecule has 3 aliphatic rings. The summed E-state index contributed by atoms with van der Waals surface area (Å²) in [5.41, 5.74) is 0.784. The van der Waals surface area contributed by atoms with Gasteiger partial charge in [0.1, 0.15) is 34.0 Å². The standard InChI is InChI=1S/C26H28ClFN6O3/c1-26(2,3)37-25(35)34-12-14-10-15(34)11-33(14)20-9-7-18-23(32-20)24(30-13-29-18)31-17-6-8-19(21(27)22(17)28)36-16-4-5-16/h6-9,13-16H,4-5,10-12H2,1-3H3,(H,29,30,31)/t14-,15-/m0/s1. The van der Waals surface area contributed by atoms with Crippen molar-refractivity contribution < 1.29 is 18.7 Å².